The summed E-state index contributed by atoms with van der Waals surface area (Å²) in [7, 11) is 0. The van der Waals surface area contributed by atoms with Gasteiger partial charge in [0.05, 0.1) is 12.2 Å². The van der Waals surface area contributed by atoms with Crippen LogP contribution < -0.4 is 0 Å². The lowest BCUT2D eigenvalue weighted by atomic mass is 9.48. The molecule has 18 heavy (non-hydrogen) atoms. The number of aliphatic hydroxyl groups is 1. The van der Waals surface area contributed by atoms with E-state index in [-0.39, 0.29) is 11.4 Å². The second-order valence-corrected chi connectivity index (χ2v) is 7.04. The van der Waals surface area contributed by atoms with Crippen molar-refractivity contribution in [2.45, 2.75) is 51.0 Å². The molecule has 0 aromatic rings. The molecule has 0 amide bonds. The van der Waals surface area contributed by atoms with Crippen molar-refractivity contribution >= 4 is 5.97 Å². The summed E-state index contributed by atoms with van der Waals surface area (Å²) >= 11 is 0. The highest BCUT2D eigenvalue weighted by molar-refractivity contribution is 5.86. The first-order valence-electron chi connectivity index (χ1n) is 6.95. The van der Waals surface area contributed by atoms with Crippen LogP contribution in [0.5, 0.6) is 0 Å². The maximum absolute atomic E-state index is 11.5. The highest BCUT2D eigenvalue weighted by Gasteiger charge is 2.57. The number of esters is 1. The number of ether oxygens (including phenoxy) is 1. The average Bonchev–Trinajstić information content (AvgIpc) is 2.22. The third-order valence-corrected chi connectivity index (χ3v) is 5.01. The Hall–Kier alpha value is -0.830. The smallest absolute Gasteiger partial charge is 0.333 e. The monoisotopic (exact) mass is 250 g/mol. The molecule has 1 N–H and O–H groups in total. The van der Waals surface area contributed by atoms with E-state index in [9.17, 15) is 9.90 Å². The minimum Gasteiger partial charge on any atom is -0.462 e. The number of carbonyl (C=O) groups excluding carboxylic acids is 1. The Labute approximate surface area is 108 Å². The van der Waals surface area contributed by atoms with E-state index < -0.39 is 5.60 Å². The Morgan fingerprint density at radius 2 is 1.94 bits per heavy atom. The lowest BCUT2D eigenvalue weighted by Crippen LogP contribution is -2.57. The van der Waals surface area contributed by atoms with Gasteiger partial charge in [-0.05, 0) is 57.3 Å². The molecular weight excluding hydrogens is 228 g/mol. The molecule has 2 atom stereocenters. The molecule has 4 bridgehead atoms. The zero-order valence-corrected chi connectivity index (χ0v) is 11.1. The highest BCUT2D eigenvalue weighted by atomic mass is 16.5. The summed E-state index contributed by atoms with van der Waals surface area (Å²) in [5.41, 5.74) is 0.0300. The molecule has 4 aliphatic carbocycles. The van der Waals surface area contributed by atoms with Crippen molar-refractivity contribution in [3.05, 3.63) is 12.2 Å². The van der Waals surface area contributed by atoms with Crippen molar-refractivity contribution in [2.24, 2.45) is 17.3 Å². The Balaban J connectivity index is 1.71. The maximum Gasteiger partial charge on any atom is 0.333 e. The summed E-state index contributed by atoms with van der Waals surface area (Å²) in [5.74, 6) is 0.984. The van der Waals surface area contributed by atoms with Crippen LogP contribution in [0.25, 0.3) is 0 Å². The predicted octanol–water partition coefficient (Wildman–Crippen LogP) is 2.44. The zero-order valence-electron chi connectivity index (χ0n) is 11.1. The Morgan fingerprint density at radius 3 is 2.44 bits per heavy atom. The maximum atomic E-state index is 11.5. The Kier molecular flexibility index (Phi) is 2.60. The molecule has 0 aromatic carbocycles. The molecule has 4 fully saturated rings. The van der Waals surface area contributed by atoms with Crippen LogP contribution >= 0.6 is 0 Å². The van der Waals surface area contributed by atoms with Crippen LogP contribution in [0.4, 0.5) is 0 Å². The van der Waals surface area contributed by atoms with Crippen LogP contribution in [-0.4, -0.2) is 23.3 Å². The fraction of sp³-hybridized carbons (Fsp3) is 0.800. The molecule has 0 radical (unpaired) electrons. The summed E-state index contributed by atoms with van der Waals surface area (Å²) in [6, 6.07) is 0. The molecule has 0 heterocycles. The van der Waals surface area contributed by atoms with Crippen LogP contribution in [-0.2, 0) is 9.53 Å². The van der Waals surface area contributed by atoms with E-state index in [1.165, 1.54) is 6.42 Å². The minimum atomic E-state index is -0.473. The van der Waals surface area contributed by atoms with Crippen LogP contribution in [0.3, 0.4) is 0 Å². The number of hydrogen-bond donors (Lipinski definition) is 1. The third-order valence-electron chi connectivity index (χ3n) is 5.01. The van der Waals surface area contributed by atoms with Gasteiger partial charge < -0.3 is 9.84 Å². The van der Waals surface area contributed by atoms with E-state index in [2.05, 4.69) is 6.58 Å². The van der Waals surface area contributed by atoms with Crippen molar-refractivity contribution in [1.29, 1.82) is 0 Å². The van der Waals surface area contributed by atoms with Crippen LogP contribution in [0.1, 0.15) is 45.4 Å². The second-order valence-electron chi connectivity index (χ2n) is 7.04. The number of rotatable bonds is 3. The van der Waals surface area contributed by atoms with E-state index in [4.69, 9.17) is 4.74 Å². The zero-order chi connectivity index (χ0) is 13.0. The van der Waals surface area contributed by atoms with E-state index in [0.717, 1.165) is 32.1 Å². The van der Waals surface area contributed by atoms with Gasteiger partial charge in [0.25, 0.3) is 0 Å². The summed E-state index contributed by atoms with van der Waals surface area (Å²) in [6.45, 7) is 5.75. The fourth-order valence-electron chi connectivity index (χ4n) is 4.91. The third kappa shape index (κ3) is 1.99. The van der Waals surface area contributed by atoms with Gasteiger partial charge in [0.1, 0.15) is 0 Å². The Morgan fingerprint density at radius 1 is 1.33 bits per heavy atom. The number of carbonyl (C=O) groups is 1. The van der Waals surface area contributed by atoms with Gasteiger partial charge in [-0.25, -0.2) is 4.79 Å². The molecule has 100 valence electrons. The van der Waals surface area contributed by atoms with Gasteiger partial charge in [-0.15, -0.1) is 0 Å². The molecule has 0 saturated heterocycles. The molecule has 0 spiro atoms. The standard InChI is InChI=1S/C15H22O3/c1-10(2)13(16)18-9-14-4-11-3-12(5-14)7-15(17,6-11)8-14/h11-12,17H,1,3-9H2,2H3. The number of hydrogen-bond acceptors (Lipinski definition) is 3. The van der Waals surface area contributed by atoms with Gasteiger partial charge in [0, 0.05) is 11.0 Å². The van der Waals surface area contributed by atoms with Crippen molar-refractivity contribution < 1.29 is 14.6 Å². The van der Waals surface area contributed by atoms with Gasteiger partial charge in [0.15, 0.2) is 0 Å². The van der Waals surface area contributed by atoms with Gasteiger partial charge in [-0.3, -0.25) is 0 Å². The first-order valence-corrected chi connectivity index (χ1v) is 6.95. The summed E-state index contributed by atoms with van der Waals surface area (Å²) in [5, 5.41) is 10.6. The largest absolute Gasteiger partial charge is 0.462 e. The normalized spacial score (nSPS) is 45.0. The first-order chi connectivity index (χ1) is 8.40. The second kappa shape index (κ2) is 3.83. The molecule has 0 aliphatic heterocycles. The van der Waals surface area contributed by atoms with Crippen LogP contribution in [0.2, 0.25) is 0 Å². The van der Waals surface area contributed by atoms with E-state index in [0.29, 0.717) is 24.0 Å². The van der Waals surface area contributed by atoms with Gasteiger partial charge in [-0.2, -0.15) is 0 Å². The molecular formula is C15H22O3. The van der Waals surface area contributed by atoms with Gasteiger partial charge in [0.2, 0.25) is 0 Å². The van der Waals surface area contributed by atoms with E-state index >= 15 is 0 Å². The summed E-state index contributed by atoms with van der Waals surface area (Å²) in [6.07, 6.45) is 6.24. The molecule has 3 nitrogen and oxygen atoms in total. The van der Waals surface area contributed by atoms with E-state index in [1.807, 2.05) is 0 Å². The molecule has 4 rings (SSSR count). The average molecular weight is 250 g/mol. The predicted molar refractivity (Wildman–Crippen MR) is 67.8 cm³/mol. The lowest BCUT2D eigenvalue weighted by molar-refractivity contribution is -0.184. The topological polar surface area (TPSA) is 46.5 Å². The van der Waals surface area contributed by atoms with Crippen LogP contribution in [0.15, 0.2) is 12.2 Å². The van der Waals surface area contributed by atoms with Gasteiger partial charge >= 0.3 is 5.97 Å². The molecule has 4 saturated carbocycles. The van der Waals surface area contributed by atoms with Crippen LogP contribution in [0, 0.1) is 17.3 Å². The SMILES string of the molecule is C=C(C)C(=O)OCC12CC3CC(CC(O)(C3)C1)C2. The quantitative estimate of drug-likeness (QED) is 0.618. The lowest BCUT2D eigenvalue weighted by Gasteiger charge is -2.59. The highest BCUT2D eigenvalue weighted by Crippen LogP contribution is 2.61. The van der Waals surface area contributed by atoms with Gasteiger partial charge in [-0.1, -0.05) is 6.58 Å². The fourth-order valence-corrected chi connectivity index (χ4v) is 4.91. The molecule has 2 unspecified atom stereocenters. The molecule has 0 aromatic heterocycles. The molecule has 3 heteroatoms. The molecule has 4 aliphatic rings. The minimum absolute atomic E-state index is 0.0456. The first kappa shape index (κ1) is 12.2. The van der Waals surface area contributed by atoms with Crippen molar-refractivity contribution in [3.8, 4) is 0 Å². The summed E-state index contributed by atoms with van der Waals surface area (Å²) in [4.78, 5) is 11.5. The van der Waals surface area contributed by atoms with Crippen molar-refractivity contribution in [1.82, 2.24) is 0 Å². The van der Waals surface area contributed by atoms with Crippen molar-refractivity contribution in [3.63, 3.8) is 0 Å². The Bertz CT molecular complexity index is 385. The van der Waals surface area contributed by atoms with Crippen molar-refractivity contribution in [2.75, 3.05) is 6.61 Å². The summed E-state index contributed by atoms with van der Waals surface area (Å²) < 4.78 is 5.38. The van der Waals surface area contributed by atoms with E-state index in [1.54, 1.807) is 6.92 Å².